The second kappa shape index (κ2) is 27.5. The van der Waals surface area contributed by atoms with Crippen LogP contribution in [-0.2, 0) is 0 Å². The van der Waals surface area contributed by atoms with E-state index in [9.17, 15) is 0 Å². The molecule has 0 spiro atoms. The largest absolute Gasteiger partial charge is 0.309 e. The zero-order chi connectivity index (χ0) is 90.7. The lowest BCUT2D eigenvalue weighted by Crippen LogP contribution is -1.95. The first-order chi connectivity index (χ1) is 69.7. The molecule has 8 nitrogen and oxygen atoms in total. The Bertz CT molecular complexity index is 10700. The van der Waals surface area contributed by atoms with Crippen molar-refractivity contribution in [3.8, 4) is 67.3 Å². The molecule has 0 aliphatic carbocycles. The SMILES string of the molecule is c1ccc(-c2c3c4c5c(cc6c7ccccc7n(c3c(-c3ccccc3)c3c7c8c(cc9c%10ccccc%10n(c23)c97)c2ccccc2n8-c2ccccc2)c64)c2ccccc2n5-c2ccccc2)cc1.c1ccc(-c2c3c4c5c6ccccc6n(-c6ccccc6)c5cc5c6ccccc6n(c3c(-c3ccccc3)c3c6c7c8ccccc8n(-c8ccccc8)c7cc7c8ccccc8n(c23)c76)c54)cc1. The van der Waals surface area contributed by atoms with Crippen molar-refractivity contribution in [2.24, 2.45) is 0 Å². The number of nitrogens with zero attached hydrogens (tertiary/aromatic N) is 8. The van der Waals surface area contributed by atoms with Gasteiger partial charge in [-0.1, -0.05) is 340 Å². The molecule has 0 atom stereocenters. The van der Waals surface area contributed by atoms with Gasteiger partial charge in [-0.05, 0) is 144 Å². The maximum absolute atomic E-state index is 2.66. The maximum atomic E-state index is 2.66. The molecule has 12 aromatic heterocycles. The third-order valence-electron chi connectivity index (χ3n) is 31.5. The summed E-state index contributed by atoms with van der Waals surface area (Å²) in [4.78, 5) is 0. The lowest BCUT2D eigenvalue weighted by atomic mass is 9.88. The van der Waals surface area contributed by atoms with E-state index in [2.05, 4.69) is 497 Å². The Hall–Kier alpha value is -18.8. The second-order valence-corrected chi connectivity index (χ2v) is 38.2. The van der Waals surface area contributed by atoms with Gasteiger partial charge in [0.1, 0.15) is 0 Å². The van der Waals surface area contributed by atoms with Crippen LogP contribution < -0.4 is 0 Å². The smallest absolute Gasteiger partial charge is 0.0642 e. The predicted molar refractivity (Wildman–Crippen MR) is 591 cm³/mol. The van der Waals surface area contributed by atoms with Crippen LogP contribution in [0.2, 0.25) is 0 Å². The summed E-state index contributed by atoms with van der Waals surface area (Å²) in [5.74, 6) is 0. The summed E-state index contributed by atoms with van der Waals surface area (Å²) in [6.45, 7) is 0. The standard InChI is InChI=1S/2C66H38N4/c1-5-21-39(22-6-1)55-59-61-57-45-31-15-19-35-51(45)67(41-25-9-3-10-26-41)53(57)37-47-44-30-14-18-34-50(44)70(63(47)61)66(59)56(40-23-7-2-8-24-40)60-62-58-46-32-16-20-36-52(46)68(42-27-11-4-12-28-42)54(58)38-48-43-29-13-17-33-49(43)69(64(48)62)65(55)60;1-5-21-39(22-6-1)55-57-59-61-47(43-29-13-17-33-51(43)67(61)41-25-9-3-10-26-41)37-49-46-32-16-20-36-54(46)70(63(49)59)66(57)56(40-23-7-2-8-24-40)58-60-62-48(38-50-45-31-15-19-35-53(45)69(64(50)60)65(55)58)44-30-14-18-34-52(44)68(62)42-27-11-4-12-28-42/h2*1-38H. The van der Waals surface area contributed by atoms with Crippen LogP contribution in [0, 0.1) is 0 Å². The minimum absolute atomic E-state index is 1.15. The average Bonchev–Trinajstić information content (AvgIpc) is 1.48. The zero-order valence-electron chi connectivity index (χ0n) is 75.5. The lowest BCUT2D eigenvalue weighted by molar-refractivity contribution is 1.18. The van der Waals surface area contributed by atoms with E-state index in [1.165, 1.54) is 284 Å². The number of para-hydroxylation sites is 12. The van der Waals surface area contributed by atoms with Crippen LogP contribution in [0.3, 0.4) is 0 Å². The molecule has 12 heterocycles. The van der Waals surface area contributed by atoms with E-state index in [1.54, 1.807) is 0 Å². The third-order valence-corrected chi connectivity index (χ3v) is 31.5. The molecule has 0 amide bonds. The first-order valence-corrected chi connectivity index (χ1v) is 48.6. The van der Waals surface area contributed by atoms with E-state index in [1.807, 2.05) is 0 Å². The maximum Gasteiger partial charge on any atom is 0.0642 e. The van der Waals surface area contributed by atoms with Crippen molar-refractivity contribution in [2.45, 2.75) is 0 Å². The quantitative estimate of drug-likeness (QED) is 0.145. The third kappa shape index (κ3) is 9.39. The van der Waals surface area contributed by atoms with E-state index < -0.39 is 0 Å². The number of rotatable bonds is 8. The van der Waals surface area contributed by atoms with Crippen LogP contribution in [0.1, 0.15) is 0 Å². The summed E-state index contributed by atoms with van der Waals surface area (Å²) in [6.07, 6.45) is 0. The predicted octanol–water partition coefficient (Wildman–Crippen LogP) is 35.0. The van der Waals surface area contributed by atoms with E-state index in [0.29, 0.717) is 0 Å². The van der Waals surface area contributed by atoms with Crippen molar-refractivity contribution < 1.29 is 0 Å². The highest BCUT2D eigenvalue weighted by atomic mass is 15.0. The average molecular weight is 1770 g/mol. The molecular weight excluding hydrogens is 1700 g/mol. The van der Waals surface area contributed by atoms with Crippen molar-refractivity contribution in [1.29, 1.82) is 0 Å². The molecule has 34 rings (SSSR count). The minimum Gasteiger partial charge on any atom is -0.309 e. The Morgan fingerprint density at radius 3 is 0.579 bits per heavy atom. The molecule has 0 aliphatic heterocycles. The van der Waals surface area contributed by atoms with Gasteiger partial charge in [0.2, 0.25) is 0 Å². The van der Waals surface area contributed by atoms with Gasteiger partial charge < -0.3 is 35.9 Å². The van der Waals surface area contributed by atoms with E-state index in [-0.39, 0.29) is 0 Å². The van der Waals surface area contributed by atoms with E-state index in [0.717, 1.165) is 22.7 Å². The molecule has 0 N–H and O–H groups in total. The van der Waals surface area contributed by atoms with Gasteiger partial charge in [0.05, 0.1) is 110 Å². The van der Waals surface area contributed by atoms with Gasteiger partial charge in [-0.25, -0.2) is 0 Å². The van der Waals surface area contributed by atoms with E-state index >= 15 is 0 Å². The van der Waals surface area contributed by atoms with Crippen LogP contribution in [0.15, 0.2) is 461 Å². The van der Waals surface area contributed by atoms with E-state index in [4.69, 9.17) is 0 Å². The highest BCUT2D eigenvalue weighted by Crippen LogP contribution is 2.62. The monoisotopic (exact) mass is 1770 g/mol. The molecule has 8 heteroatoms. The summed E-state index contributed by atoms with van der Waals surface area (Å²) < 4.78 is 20.7. The Kier molecular flexibility index (Phi) is 14.7. The molecule has 140 heavy (non-hydrogen) atoms. The highest BCUT2D eigenvalue weighted by Gasteiger charge is 2.39. The Labute approximate surface area is 798 Å². The molecule has 0 bridgehead atoms. The fourth-order valence-corrected chi connectivity index (χ4v) is 26.4. The van der Waals surface area contributed by atoms with Crippen molar-refractivity contribution in [1.82, 2.24) is 35.9 Å². The Morgan fingerprint density at radius 1 is 0.107 bits per heavy atom. The number of aromatic nitrogens is 8. The fraction of sp³-hybridized carbons (Fsp3) is 0. The number of fused-ring (bicyclic) bond motifs is 40. The highest BCUT2D eigenvalue weighted by molar-refractivity contribution is 6.48. The van der Waals surface area contributed by atoms with Gasteiger partial charge in [-0.15, -0.1) is 0 Å². The molecule has 644 valence electrons. The number of hydrogen-bond acceptors (Lipinski definition) is 0. The lowest BCUT2D eigenvalue weighted by Gasteiger charge is -2.17. The van der Waals surface area contributed by atoms with Gasteiger partial charge in [0.25, 0.3) is 0 Å². The molecule has 0 saturated heterocycles. The molecule has 0 aliphatic rings. The van der Waals surface area contributed by atoms with Crippen LogP contribution in [-0.4, -0.2) is 35.9 Å². The van der Waals surface area contributed by atoms with Crippen molar-refractivity contribution >= 4 is 240 Å². The second-order valence-electron chi connectivity index (χ2n) is 38.2. The van der Waals surface area contributed by atoms with Gasteiger partial charge in [0, 0.05) is 174 Å². The fourth-order valence-electron chi connectivity index (χ4n) is 26.4. The molecular formula is C132H76N8. The summed E-state index contributed by atoms with van der Waals surface area (Å²) >= 11 is 0. The summed E-state index contributed by atoms with van der Waals surface area (Å²) in [6, 6.07) is 171. The first-order valence-electron chi connectivity index (χ1n) is 48.6. The zero-order valence-corrected chi connectivity index (χ0v) is 75.5. The van der Waals surface area contributed by atoms with Gasteiger partial charge in [0.15, 0.2) is 0 Å². The van der Waals surface area contributed by atoms with Gasteiger partial charge in [-0.2, -0.15) is 0 Å². The van der Waals surface area contributed by atoms with Crippen LogP contribution >= 0.6 is 0 Å². The normalized spacial score (nSPS) is 12.6. The van der Waals surface area contributed by atoms with Crippen LogP contribution in [0.25, 0.3) is 307 Å². The molecule has 0 radical (unpaired) electrons. The summed E-state index contributed by atoms with van der Waals surface area (Å²) in [5, 5.41) is 30.3. The Morgan fingerprint density at radius 2 is 0.300 bits per heavy atom. The number of hydrogen-bond donors (Lipinski definition) is 0. The topological polar surface area (TPSA) is 37.4 Å². The minimum atomic E-state index is 1.15. The summed E-state index contributed by atoms with van der Waals surface area (Å²) in [7, 11) is 0. The molecule has 0 saturated carbocycles. The summed E-state index contributed by atoms with van der Waals surface area (Å²) in [5.41, 5.74) is 38.8. The molecule has 34 aromatic rings. The van der Waals surface area contributed by atoms with Gasteiger partial charge in [-0.3, -0.25) is 0 Å². The van der Waals surface area contributed by atoms with Gasteiger partial charge >= 0.3 is 0 Å². The molecule has 0 unspecified atom stereocenters. The van der Waals surface area contributed by atoms with Crippen LogP contribution in [0.5, 0.6) is 0 Å². The molecule has 0 fully saturated rings. The van der Waals surface area contributed by atoms with Crippen molar-refractivity contribution in [2.75, 3.05) is 0 Å². The first kappa shape index (κ1) is 74.6. The number of benzene rings is 22. The van der Waals surface area contributed by atoms with Crippen molar-refractivity contribution in [3.63, 3.8) is 0 Å². The van der Waals surface area contributed by atoms with Crippen molar-refractivity contribution in [3.05, 3.63) is 461 Å². The Balaban J connectivity index is 0.000000124. The molecule has 22 aromatic carbocycles. The van der Waals surface area contributed by atoms with Crippen LogP contribution in [0.4, 0.5) is 0 Å².